The average molecular weight is 321 g/mol. The molecular formula is C18H28N2OS. The largest absolute Gasteiger partial charge is 0.343 e. The third-order valence-corrected chi connectivity index (χ3v) is 6.00. The maximum atomic E-state index is 12.3. The molecule has 1 aliphatic carbocycles. The summed E-state index contributed by atoms with van der Waals surface area (Å²) < 4.78 is 0. The lowest BCUT2D eigenvalue weighted by molar-refractivity contribution is -0.132. The molecule has 1 saturated heterocycles. The van der Waals surface area contributed by atoms with Gasteiger partial charge in [-0.1, -0.05) is 18.9 Å². The molecule has 2 aliphatic rings. The molecule has 1 N–H and O–H groups in total. The standard InChI is InChI=1S/C18H28N2OS/c21-18(9-3-7-17-8-4-14-22-17)20-12-10-16(11-13-20)19-15-5-1-2-6-15/h4,8,14-16,19H,1-3,5-7,9-13H2. The molecule has 22 heavy (non-hydrogen) atoms. The fourth-order valence-electron chi connectivity index (χ4n) is 3.75. The summed E-state index contributed by atoms with van der Waals surface area (Å²) in [5, 5.41) is 5.91. The average Bonchev–Trinajstić information content (AvgIpc) is 3.21. The van der Waals surface area contributed by atoms with Gasteiger partial charge >= 0.3 is 0 Å². The quantitative estimate of drug-likeness (QED) is 0.868. The van der Waals surface area contributed by atoms with Crippen molar-refractivity contribution in [2.24, 2.45) is 0 Å². The Labute approximate surface area is 138 Å². The molecule has 0 aromatic carbocycles. The highest BCUT2D eigenvalue weighted by molar-refractivity contribution is 7.09. The minimum absolute atomic E-state index is 0.357. The van der Waals surface area contributed by atoms with E-state index in [-0.39, 0.29) is 0 Å². The number of hydrogen-bond acceptors (Lipinski definition) is 3. The topological polar surface area (TPSA) is 32.3 Å². The zero-order valence-electron chi connectivity index (χ0n) is 13.4. The van der Waals surface area contributed by atoms with E-state index in [1.165, 1.54) is 30.6 Å². The van der Waals surface area contributed by atoms with Crippen LogP contribution in [0.1, 0.15) is 56.2 Å². The lowest BCUT2D eigenvalue weighted by Gasteiger charge is -2.34. The van der Waals surface area contributed by atoms with Crippen LogP contribution in [-0.2, 0) is 11.2 Å². The molecule has 4 heteroatoms. The Hall–Kier alpha value is -0.870. The highest BCUT2D eigenvalue weighted by atomic mass is 32.1. The van der Waals surface area contributed by atoms with Crippen molar-refractivity contribution >= 4 is 17.2 Å². The number of thiophene rings is 1. The molecule has 2 fully saturated rings. The maximum absolute atomic E-state index is 12.3. The molecule has 1 aromatic rings. The first-order chi connectivity index (χ1) is 10.8. The van der Waals surface area contributed by atoms with Crippen LogP contribution in [0.4, 0.5) is 0 Å². The fraction of sp³-hybridized carbons (Fsp3) is 0.722. The summed E-state index contributed by atoms with van der Waals surface area (Å²) in [6.07, 6.45) is 10.5. The van der Waals surface area contributed by atoms with Gasteiger partial charge in [0.25, 0.3) is 0 Å². The summed E-state index contributed by atoms with van der Waals surface area (Å²) in [7, 11) is 0. The molecule has 1 aromatic heterocycles. The van der Waals surface area contributed by atoms with E-state index < -0.39 is 0 Å². The van der Waals surface area contributed by atoms with Crippen LogP contribution in [0.15, 0.2) is 17.5 Å². The number of amides is 1. The Kier molecular flexibility index (Phi) is 5.90. The molecule has 0 bridgehead atoms. The molecule has 3 nitrogen and oxygen atoms in total. The number of carbonyl (C=O) groups excluding carboxylic acids is 1. The van der Waals surface area contributed by atoms with Crippen LogP contribution in [0.2, 0.25) is 0 Å². The molecule has 1 aliphatic heterocycles. The van der Waals surface area contributed by atoms with Crippen molar-refractivity contribution < 1.29 is 4.79 Å². The van der Waals surface area contributed by atoms with Gasteiger partial charge in [-0.25, -0.2) is 0 Å². The zero-order valence-corrected chi connectivity index (χ0v) is 14.2. The van der Waals surface area contributed by atoms with Gasteiger partial charge in [0.15, 0.2) is 0 Å². The normalized spacial score (nSPS) is 20.6. The second-order valence-corrected chi connectivity index (χ2v) is 7.77. The lowest BCUT2D eigenvalue weighted by atomic mass is 10.0. The van der Waals surface area contributed by atoms with Crippen molar-refractivity contribution in [2.75, 3.05) is 13.1 Å². The van der Waals surface area contributed by atoms with Crippen LogP contribution in [0.25, 0.3) is 0 Å². The minimum atomic E-state index is 0.357. The van der Waals surface area contributed by atoms with Crippen molar-refractivity contribution in [3.63, 3.8) is 0 Å². The summed E-state index contributed by atoms with van der Waals surface area (Å²) in [5.41, 5.74) is 0. The molecular weight excluding hydrogens is 292 g/mol. The maximum Gasteiger partial charge on any atom is 0.222 e. The Balaban J connectivity index is 1.32. The number of likely N-dealkylation sites (tertiary alicyclic amines) is 1. The van der Waals surface area contributed by atoms with Crippen LogP contribution in [0, 0.1) is 0 Å². The predicted octanol–water partition coefficient (Wildman–Crippen LogP) is 3.59. The van der Waals surface area contributed by atoms with Gasteiger partial charge in [0.1, 0.15) is 0 Å². The Morgan fingerprint density at radius 1 is 1.18 bits per heavy atom. The number of nitrogens with zero attached hydrogens (tertiary/aromatic N) is 1. The van der Waals surface area contributed by atoms with E-state index in [4.69, 9.17) is 0 Å². The summed E-state index contributed by atoms with van der Waals surface area (Å²) in [5.74, 6) is 0.357. The summed E-state index contributed by atoms with van der Waals surface area (Å²) in [6.45, 7) is 1.89. The van der Waals surface area contributed by atoms with E-state index in [1.54, 1.807) is 11.3 Å². The van der Waals surface area contributed by atoms with Gasteiger partial charge in [0, 0.05) is 36.5 Å². The number of hydrogen-bond donors (Lipinski definition) is 1. The first kappa shape index (κ1) is 16.0. The van der Waals surface area contributed by atoms with Gasteiger partial charge in [0.05, 0.1) is 0 Å². The third-order valence-electron chi connectivity index (χ3n) is 5.07. The molecule has 0 unspecified atom stereocenters. The van der Waals surface area contributed by atoms with Crippen LogP contribution in [-0.4, -0.2) is 36.0 Å². The number of piperidine rings is 1. The van der Waals surface area contributed by atoms with Crippen molar-refractivity contribution in [3.8, 4) is 0 Å². The van der Waals surface area contributed by atoms with E-state index in [0.29, 0.717) is 18.4 Å². The smallest absolute Gasteiger partial charge is 0.222 e. The SMILES string of the molecule is O=C(CCCc1cccs1)N1CCC(NC2CCCC2)CC1. The number of aryl methyl sites for hydroxylation is 1. The monoisotopic (exact) mass is 320 g/mol. The Morgan fingerprint density at radius 3 is 2.59 bits per heavy atom. The number of nitrogens with one attached hydrogen (secondary N) is 1. The Bertz CT molecular complexity index is 446. The second kappa shape index (κ2) is 8.11. The minimum Gasteiger partial charge on any atom is -0.343 e. The van der Waals surface area contributed by atoms with Crippen LogP contribution < -0.4 is 5.32 Å². The first-order valence-electron chi connectivity index (χ1n) is 8.87. The van der Waals surface area contributed by atoms with Crippen molar-refractivity contribution in [1.82, 2.24) is 10.2 Å². The zero-order chi connectivity index (χ0) is 15.2. The second-order valence-electron chi connectivity index (χ2n) is 6.74. The van der Waals surface area contributed by atoms with E-state index in [1.807, 2.05) is 0 Å². The fourth-order valence-corrected chi connectivity index (χ4v) is 4.50. The molecule has 1 saturated carbocycles. The number of rotatable bonds is 6. The van der Waals surface area contributed by atoms with Gasteiger partial charge < -0.3 is 10.2 Å². The highest BCUT2D eigenvalue weighted by Gasteiger charge is 2.25. The van der Waals surface area contributed by atoms with Crippen LogP contribution in [0.5, 0.6) is 0 Å². The molecule has 3 rings (SSSR count). The highest BCUT2D eigenvalue weighted by Crippen LogP contribution is 2.21. The molecule has 0 atom stereocenters. The van der Waals surface area contributed by atoms with Gasteiger partial charge in [-0.05, 0) is 50.0 Å². The third kappa shape index (κ3) is 4.56. The molecule has 0 spiro atoms. The molecule has 1 amide bonds. The first-order valence-corrected chi connectivity index (χ1v) is 9.75. The Morgan fingerprint density at radius 2 is 1.91 bits per heavy atom. The molecule has 0 radical (unpaired) electrons. The van der Waals surface area contributed by atoms with Crippen molar-refractivity contribution in [2.45, 2.75) is 69.9 Å². The predicted molar refractivity (Wildman–Crippen MR) is 92.3 cm³/mol. The summed E-state index contributed by atoms with van der Waals surface area (Å²) in [6, 6.07) is 5.63. The summed E-state index contributed by atoms with van der Waals surface area (Å²) in [4.78, 5) is 15.8. The van der Waals surface area contributed by atoms with Gasteiger partial charge in [-0.3, -0.25) is 4.79 Å². The van der Waals surface area contributed by atoms with Crippen molar-refractivity contribution in [3.05, 3.63) is 22.4 Å². The van der Waals surface area contributed by atoms with E-state index in [9.17, 15) is 4.79 Å². The lowest BCUT2D eigenvalue weighted by Crippen LogP contribution is -2.47. The molecule has 122 valence electrons. The van der Waals surface area contributed by atoms with Crippen LogP contribution >= 0.6 is 11.3 Å². The van der Waals surface area contributed by atoms with Gasteiger partial charge in [-0.15, -0.1) is 11.3 Å². The molecule has 2 heterocycles. The van der Waals surface area contributed by atoms with E-state index >= 15 is 0 Å². The van der Waals surface area contributed by atoms with E-state index in [2.05, 4.69) is 27.7 Å². The van der Waals surface area contributed by atoms with E-state index in [0.717, 1.165) is 44.8 Å². The number of carbonyl (C=O) groups is 1. The van der Waals surface area contributed by atoms with Crippen LogP contribution in [0.3, 0.4) is 0 Å². The van der Waals surface area contributed by atoms with Crippen molar-refractivity contribution in [1.29, 1.82) is 0 Å². The van der Waals surface area contributed by atoms with Gasteiger partial charge in [0.2, 0.25) is 5.91 Å². The van der Waals surface area contributed by atoms with Gasteiger partial charge in [-0.2, -0.15) is 0 Å². The summed E-state index contributed by atoms with van der Waals surface area (Å²) >= 11 is 1.79.